The maximum atomic E-state index is 11.6. The smallest absolute Gasteiger partial charge is 0.327 e. The summed E-state index contributed by atoms with van der Waals surface area (Å²) in [6.45, 7) is 3.48. The van der Waals surface area contributed by atoms with Crippen molar-refractivity contribution in [1.82, 2.24) is 9.13 Å². The monoisotopic (exact) mass is 231 g/mol. The SMILES string of the molecule is Cc1cccc(NCCn2ccn(C)c2=O)c1. The van der Waals surface area contributed by atoms with Crippen molar-refractivity contribution in [3.8, 4) is 0 Å². The van der Waals surface area contributed by atoms with Crippen molar-refractivity contribution in [3.05, 3.63) is 52.7 Å². The Morgan fingerprint density at radius 1 is 1.29 bits per heavy atom. The Morgan fingerprint density at radius 3 is 2.76 bits per heavy atom. The van der Waals surface area contributed by atoms with Crippen LogP contribution in [0.5, 0.6) is 0 Å². The lowest BCUT2D eigenvalue weighted by atomic mass is 10.2. The molecule has 0 aliphatic rings. The Bertz CT molecular complexity index is 554. The van der Waals surface area contributed by atoms with E-state index >= 15 is 0 Å². The minimum atomic E-state index is 0.0241. The first-order valence-corrected chi connectivity index (χ1v) is 5.69. The standard InChI is InChI=1S/C13H17N3O/c1-11-4-3-5-12(10-11)14-6-7-16-9-8-15(2)13(16)17/h3-5,8-10,14H,6-7H2,1-2H3. The van der Waals surface area contributed by atoms with Gasteiger partial charge in [-0.05, 0) is 24.6 Å². The van der Waals surface area contributed by atoms with E-state index in [0.717, 1.165) is 12.2 Å². The fourth-order valence-electron chi connectivity index (χ4n) is 1.76. The number of imidazole rings is 1. The van der Waals surface area contributed by atoms with Gasteiger partial charge in [0.1, 0.15) is 0 Å². The normalized spacial score (nSPS) is 10.5. The van der Waals surface area contributed by atoms with Crippen LogP contribution in [0.25, 0.3) is 0 Å². The molecule has 1 aromatic carbocycles. The molecule has 0 unspecified atom stereocenters. The van der Waals surface area contributed by atoms with Gasteiger partial charge in [0.15, 0.2) is 0 Å². The minimum Gasteiger partial charge on any atom is -0.383 e. The van der Waals surface area contributed by atoms with Gasteiger partial charge in [0.25, 0.3) is 0 Å². The van der Waals surface area contributed by atoms with Gasteiger partial charge >= 0.3 is 5.69 Å². The van der Waals surface area contributed by atoms with Crippen LogP contribution < -0.4 is 11.0 Å². The average molecular weight is 231 g/mol. The van der Waals surface area contributed by atoms with Crippen molar-refractivity contribution in [1.29, 1.82) is 0 Å². The molecule has 0 atom stereocenters. The molecule has 0 radical (unpaired) electrons. The fourth-order valence-corrected chi connectivity index (χ4v) is 1.76. The molecular weight excluding hydrogens is 214 g/mol. The van der Waals surface area contributed by atoms with Gasteiger partial charge in [0.05, 0.1) is 0 Å². The predicted octanol–water partition coefficient (Wildman–Crippen LogP) is 1.61. The number of nitrogens with one attached hydrogen (secondary N) is 1. The van der Waals surface area contributed by atoms with E-state index in [1.54, 1.807) is 28.6 Å². The number of nitrogens with zero attached hydrogens (tertiary/aromatic N) is 2. The van der Waals surface area contributed by atoms with Crippen LogP contribution in [0, 0.1) is 6.92 Å². The zero-order valence-electron chi connectivity index (χ0n) is 10.2. The van der Waals surface area contributed by atoms with Crippen molar-refractivity contribution in [2.75, 3.05) is 11.9 Å². The number of benzene rings is 1. The second-order valence-electron chi connectivity index (χ2n) is 4.18. The lowest BCUT2D eigenvalue weighted by Gasteiger charge is -2.07. The number of rotatable bonds is 4. The van der Waals surface area contributed by atoms with E-state index in [9.17, 15) is 4.79 Å². The van der Waals surface area contributed by atoms with Crippen molar-refractivity contribution < 1.29 is 0 Å². The van der Waals surface area contributed by atoms with Crippen LogP contribution >= 0.6 is 0 Å². The molecule has 0 saturated carbocycles. The molecule has 0 fully saturated rings. The Kier molecular flexibility index (Phi) is 3.32. The average Bonchev–Trinajstić information content (AvgIpc) is 2.61. The summed E-state index contributed by atoms with van der Waals surface area (Å²) in [6, 6.07) is 8.20. The lowest BCUT2D eigenvalue weighted by molar-refractivity contribution is 0.672. The molecule has 17 heavy (non-hydrogen) atoms. The van der Waals surface area contributed by atoms with Crippen LogP contribution in [-0.2, 0) is 13.6 Å². The highest BCUT2D eigenvalue weighted by molar-refractivity contribution is 5.45. The summed E-state index contributed by atoms with van der Waals surface area (Å²) in [5, 5.41) is 3.30. The van der Waals surface area contributed by atoms with E-state index in [2.05, 4.69) is 24.4 Å². The summed E-state index contributed by atoms with van der Waals surface area (Å²) in [4.78, 5) is 11.6. The van der Waals surface area contributed by atoms with E-state index in [-0.39, 0.29) is 5.69 Å². The molecule has 1 N–H and O–H groups in total. The lowest BCUT2D eigenvalue weighted by Crippen LogP contribution is -2.24. The highest BCUT2D eigenvalue weighted by Gasteiger charge is 1.98. The largest absolute Gasteiger partial charge is 0.383 e. The molecular formula is C13H17N3O. The number of aromatic nitrogens is 2. The molecule has 2 aromatic rings. The number of aryl methyl sites for hydroxylation is 2. The predicted molar refractivity (Wildman–Crippen MR) is 69.3 cm³/mol. The molecule has 0 amide bonds. The molecule has 0 spiro atoms. The van der Waals surface area contributed by atoms with E-state index in [4.69, 9.17) is 0 Å². The van der Waals surface area contributed by atoms with Crippen molar-refractivity contribution in [2.24, 2.45) is 7.05 Å². The molecule has 2 rings (SSSR count). The Labute approximate surface area is 101 Å². The van der Waals surface area contributed by atoms with Crippen LogP contribution in [-0.4, -0.2) is 15.7 Å². The van der Waals surface area contributed by atoms with Gasteiger partial charge in [-0.25, -0.2) is 4.79 Å². The highest BCUT2D eigenvalue weighted by atomic mass is 16.1. The van der Waals surface area contributed by atoms with Gasteiger partial charge in [-0.2, -0.15) is 0 Å². The molecule has 0 aliphatic heterocycles. The maximum Gasteiger partial charge on any atom is 0.327 e. The van der Waals surface area contributed by atoms with Gasteiger partial charge in [0, 0.05) is 38.2 Å². The number of hydrogen-bond acceptors (Lipinski definition) is 2. The number of anilines is 1. The summed E-state index contributed by atoms with van der Waals surface area (Å²) >= 11 is 0. The van der Waals surface area contributed by atoms with Gasteiger partial charge in [-0.1, -0.05) is 12.1 Å². The zero-order chi connectivity index (χ0) is 12.3. The van der Waals surface area contributed by atoms with Crippen molar-refractivity contribution >= 4 is 5.69 Å². The van der Waals surface area contributed by atoms with E-state index in [0.29, 0.717) is 6.54 Å². The summed E-state index contributed by atoms with van der Waals surface area (Å²) < 4.78 is 3.27. The third kappa shape index (κ3) is 2.78. The Balaban J connectivity index is 1.92. The topological polar surface area (TPSA) is 39.0 Å². The maximum absolute atomic E-state index is 11.6. The van der Waals surface area contributed by atoms with E-state index in [1.165, 1.54) is 5.56 Å². The second-order valence-corrected chi connectivity index (χ2v) is 4.18. The van der Waals surface area contributed by atoms with Crippen LogP contribution in [0.15, 0.2) is 41.5 Å². The van der Waals surface area contributed by atoms with Crippen LogP contribution in [0.1, 0.15) is 5.56 Å². The quantitative estimate of drug-likeness (QED) is 0.868. The van der Waals surface area contributed by atoms with Crippen molar-refractivity contribution in [3.63, 3.8) is 0 Å². The molecule has 4 nitrogen and oxygen atoms in total. The fraction of sp³-hybridized carbons (Fsp3) is 0.308. The summed E-state index contributed by atoms with van der Waals surface area (Å²) in [5.74, 6) is 0. The summed E-state index contributed by atoms with van der Waals surface area (Å²) in [7, 11) is 1.76. The molecule has 1 aromatic heterocycles. The van der Waals surface area contributed by atoms with Crippen LogP contribution in [0.2, 0.25) is 0 Å². The number of hydrogen-bond donors (Lipinski definition) is 1. The van der Waals surface area contributed by atoms with E-state index < -0.39 is 0 Å². The Morgan fingerprint density at radius 2 is 2.12 bits per heavy atom. The van der Waals surface area contributed by atoms with Gasteiger partial charge in [-0.15, -0.1) is 0 Å². The third-order valence-corrected chi connectivity index (χ3v) is 2.72. The first kappa shape index (κ1) is 11.5. The van der Waals surface area contributed by atoms with Gasteiger partial charge in [0.2, 0.25) is 0 Å². The van der Waals surface area contributed by atoms with Crippen LogP contribution in [0.3, 0.4) is 0 Å². The van der Waals surface area contributed by atoms with Gasteiger partial charge < -0.3 is 9.88 Å². The van der Waals surface area contributed by atoms with Crippen LogP contribution in [0.4, 0.5) is 5.69 Å². The molecule has 0 bridgehead atoms. The molecule has 0 saturated heterocycles. The minimum absolute atomic E-state index is 0.0241. The highest BCUT2D eigenvalue weighted by Crippen LogP contribution is 2.08. The summed E-state index contributed by atoms with van der Waals surface area (Å²) in [6.07, 6.45) is 3.58. The van der Waals surface area contributed by atoms with Crippen molar-refractivity contribution in [2.45, 2.75) is 13.5 Å². The summed E-state index contributed by atoms with van der Waals surface area (Å²) in [5.41, 5.74) is 2.34. The molecule has 90 valence electrons. The zero-order valence-corrected chi connectivity index (χ0v) is 10.2. The first-order chi connectivity index (χ1) is 8.16. The van der Waals surface area contributed by atoms with Gasteiger partial charge in [-0.3, -0.25) is 4.57 Å². The molecule has 0 aliphatic carbocycles. The van der Waals surface area contributed by atoms with E-state index in [1.807, 2.05) is 12.1 Å². The molecule has 1 heterocycles. The third-order valence-electron chi connectivity index (χ3n) is 2.72. The second kappa shape index (κ2) is 4.91. The Hall–Kier alpha value is -1.97. The molecule has 4 heteroatoms. The first-order valence-electron chi connectivity index (χ1n) is 5.69.